The second-order valence-corrected chi connectivity index (χ2v) is 5.51. The smallest absolute Gasteiger partial charge is 0.164 e. The number of nitrogens with zero attached hydrogens (tertiary/aromatic N) is 3. The highest BCUT2D eigenvalue weighted by Gasteiger charge is 2.44. The SMILES string of the molecule is OC[C@H]1O[C@@H](n2cc(F)c3c(-c4ccco4)ncnc32)[C@H](O)[C@@H]1O. The van der Waals surface area contributed by atoms with E-state index in [9.17, 15) is 19.7 Å². The average molecular weight is 335 g/mol. The summed E-state index contributed by atoms with van der Waals surface area (Å²) in [6.07, 6.45) is -0.847. The Morgan fingerprint density at radius 1 is 1.25 bits per heavy atom. The van der Waals surface area contributed by atoms with Gasteiger partial charge in [-0.25, -0.2) is 14.4 Å². The first kappa shape index (κ1) is 15.2. The minimum absolute atomic E-state index is 0.116. The van der Waals surface area contributed by atoms with Crippen LogP contribution < -0.4 is 0 Å². The standard InChI is InChI=1S/C15H14FN3O5/c16-7-4-19(15-13(22)12(21)9(5-20)24-15)14-10(7)11(17-6-18-14)8-2-1-3-23-8/h1-4,6,9,12-13,15,20-22H,5H2/t9-,12-,13-,15-/m1/s1. The highest BCUT2D eigenvalue weighted by Crippen LogP contribution is 2.35. The largest absolute Gasteiger partial charge is 0.463 e. The number of hydrogen-bond donors (Lipinski definition) is 3. The molecule has 8 nitrogen and oxygen atoms in total. The molecule has 0 bridgehead atoms. The maximum atomic E-state index is 14.5. The van der Waals surface area contributed by atoms with Crippen LogP contribution in [0.25, 0.3) is 22.5 Å². The van der Waals surface area contributed by atoms with E-state index >= 15 is 0 Å². The Labute approximate surface area is 134 Å². The van der Waals surface area contributed by atoms with Crippen molar-refractivity contribution in [2.75, 3.05) is 6.61 Å². The van der Waals surface area contributed by atoms with E-state index in [4.69, 9.17) is 9.15 Å². The quantitative estimate of drug-likeness (QED) is 0.636. The van der Waals surface area contributed by atoms with Gasteiger partial charge in [0.15, 0.2) is 17.8 Å². The number of aliphatic hydroxyl groups excluding tert-OH is 3. The molecule has 4 heterocycles. The molecule has 3 aromatic rings. The van der Waals surface area contributed by atoms with Crippen molar-refractivity contribution in [1.29, 1.82) is 0 Å². The van der Waals surface area contributed by atoms with Crippen LogP contribution in [0.15, 0.2) is 35.3 Å². The van der Waals surface area contributed by atoms with Gasteiger partial charge in [0.2, 0.25) is 0 Å². The topological polar surface area (TPSA) is 114 Å². The second kappa shape index (κ2) is 5.64. The molecule has 1 aliphatic rings. The number of ether oxygens (including phenoxy) is 1. The molecular formula is C15H14FN3O5. The van der Waals surface area contributed by atoms with Crippen LogP contribution in [0, 0.1) is 5.82 Å². The molecular weight excluding hydrogens is 321 g/mol. The molecule has 1 aliphatic heterocycles. The third kappa shape index (κ3) is 2.13. The highest BCUT2D eigenvalue weighted by atomic mass is 19.1. The fraction of sp³-hybridized carbons (Fsp3) is 0.333. The molecule has 0 amide bonds. The van der Waals surface area contributed by atoms with Crippen LogP contribution in [0.5, 0.6) is 0 Å². The van der Waals surface area contributed by atoms with Gasteiger partial charge >= 0.3 is 0 Å². The zero-order valence-electron chi connectivity index (χ0n) is 12.3. The van der Waals surface area contributed by atoms with E-state index in [1.54, 1.807) is 12.1 Å². The third-order valence-corrected chi connectivity index (χ3v) is 4.11. The maximum absolute atomic E-state index is 14.5. The molecule has 0 saturated carbocycles. The van der Waals surface area contributed by atoms with Crippen LogP contribution in [-0.2, 0) is 4.74 Å². The van der Waals surface area contributed by atoms with Gasteiger partial charge in [-0.15, -0.1) is 0 Å². The van der Waals surface area contributed by atoms with Crippen molar-refractivity contribution in [3.63, 3.8) is 0 Å². The summed E-state index contributed by atoms with van der Waals surface area (Å²) in [5.74, 6) is -0.241. The van der Waals surface area contributed by atoms with E-state index in [0.717, 1.165) is 6.20 Å². The number of fused-ring (bicyclic) bond motifs is 1. The lowest BCUT2D eigenvalue weighted by Crippen LogP contribution is -2.33. The molecule has 0 unspecified atom stereocenters. The Morgan fingerprint density at radius 3 is 2.75 bits per heavy atom. The van der Waals surface area contributed by atoms with Crippen LogP contribution in [0.4, 0.5) is 4.39 Å². The van der Waals surface area contributed by atoms with E-state index in [0.29, 0.717) is 5.76 Å². The first-order valence-corrected chi connectivity index (χ1v) is 7.29. The van der Waals surface area contributed by atoms with Gasteiger partial charge in [-0.3, -0.25) is 0 Å². The van der Waals surface area contributed by atoms with Crippen molar-refractivity contribution in [3.05, 3.63) is 36.7 Å². The number of rotatable bonds is 3. The number of furan rings is 1. The summed E-state index contributed by atoms with van der Waals surface area (Å²) in [6.45, 7) is -0.469. The summed E-state index contributed by atoms with van der Waals surface area (Å²) in [7, 11) is 0. The van der Waals surface area contributed by atoms with Gasteiger partial charge in [-0.2, -0.15) is 0 Å². The summed E-state index contributed by atoms with van der Waals surface area (Å²) < 4.78 is 26.5. The first-order valence-electron chi connectivity index (χ1n) is 7.29. The fourth-order valence-corrected chi connectivity index (χ4v) is 2.94. The molecule has 4 atom stereocenters. The van der Waals surface area contributed by atoms with Gasteiger partial charge in [-0.05, 0) is 12.1 Å². The van der Waals surface area contributed by atoms with Crippen LogP contribution in [-0.4, -0.2) is 54.8 Å². The number of aromatic nitrogens is 3. The lowest BCUT2D eigenvalue weighted by atomic mass is 10.1. The maximum Gasteiger partial charge on any atom is 0.164 e. The Balaban J connectivity index is 1.86. The van der Waals surface area contributed by atoms with Gasteiger partial charge in [0.1, 0.15) is 36.0 Å². The van der Waals surface area contributed by atoms with Crippen LogP contribution >= 0.6 is 0 Å². The first-order chi connectivity index (χ1) is 11.6. The van der Waals surface area contributed by atoms with E-state index in [2.05, 4.69) is 9.97 Å². The molecule has 0 aliphatic carbocycles. The van der Waals surface area contributed by atoms with E-state index in [1.165, 1.54) is 17.2 Å². The van der Waals surface area contributed by atoms with Crippen molar-refractivity contribution in [2.45, 2.75) is 24.5 Å². The molecule has 0 radical (unpaired) electrons. The molecule has 126 valence electrons. The predicted octanol–water partition coefficient (Wildman–Crippen LogP) is 0.442. The molecule has 9 heteroatoms. The fourth-order valence-electron chi connectivity index (χ4n) is 2.94. The van der Waals surface area contributed by atoms with Gasteiger partial charge in [0.25, 0.3) is 0 Å². The molecule has 1 fully saturated rings. The summed E-state index contributed by atoms with van der Waals surface area (Å²) in [4.78, 5) is 8.13. The van der Waals surface area contributed by atoms with Crippen molar-refractivity contribution in [3.8, 4) is 11.5 Å². The highest BCUT2D eigenvalue weighted by molar-refractivity contribution is 5.90. The van der Waals surface area contributed by atoms with Gasteiger partial charge in [0.05, 0.1) is 18.3 Å². The molecule has 0 spiro atoms. The molecule has 3 N–H and O–H groups in total. The van der Waals surface area contributed by atoms with Crippen molar-refractivity contribution >= 4 is 11.0 Å². The van der Waals surface area contributed by atoms with Crippen molar-refractivity contribution in [1.82, 2.24) is 14.5 Å². The Bertz CT molecular complexity index is 866. The third-order valence-electron chi connectivity index (χ3n) is 4.11. The zero-order valence-corrected chi connectivity index (χ0v) is 12.3. The summed E-state index contributed by atoms with van der Waals surface area (Å²) in [5.41, 5.74) is 0.455. The normalized spacial score (nSPS) is 27.2. The van der Waals surface area contributed by atoms with Crippen LogP contribution in [0.2, 0.25) is 0 Å². The Morgan fingerprint density at radius 2 is 2.08 bits per heavy atom. The summed E-state index contributed by atoms with van der Waals surface area (Å²) >= 11 is 0. The summed E-state index contributed by atoms with van der Waals surface area (Å²) in [6, 6.07) is 3.30. The van der Waals surface area contributed by atoms with Gasteiger partial charge < -0.3 is 29.0 Å². The predicted molar refractivity (Wildman–Crippen MR) is 78.2 cm³/mol. The zero-order chi connectivity index (χ0) is 16.8. The van der Waals surface area contributed by atoms with E-state index in [-0.39, 0.29) is 16.7 Å². The molecule has 0 aromatic carbocycles. The minimum Gasteiger partial charge on any atom is -0.463 e. The molecule has 24 heavy (non-hydrogen) atoms. The van der Waals surface area contributed by atoms with Gasteiger partial charge in [0, 0.05) is 6.20 Å². The lowest BCUT2D eigenvalue weighted by molar-refractivity contribution is -0.0510. The van der Waals surface area contributed by atoms with Crippen LogP contribution in [0.3, 0.4) is 0 Å². The molecule has 3 aromatic heterocycles. The van der Waals surface area contributed by atoms with E-state index < -0.39 is 37.0 Å². The average Bonchev–Trinajstić information content (AvgIpc) is 3.29. The van der Waals surface area contributed by atoms with Crippen LogP contribution in [0.1, 0.15) is 6.23 Å². The summed E-state index contributed by atoms with van der Waals surface area (Å²) in [5, 5.41) is 29.3. The number of aliphatic hydroxyl groups is 3. The molecule has 1 saturated heterocycles. The number of halogens is 1. The second-order valence-electron chi connectivity index (χ2n) is 5.51. The van der Waals surface area contributed by atoms with Gasteiger partial charge in [-0.1, -0.05) is 0 Å². The lowest BCUT2D eigenvalue weighted by Gasteiger charge is -2.17. The van der Waals surface area contributed by atoms with Crippen molar-refractivity contribution < 1.29 is 28.9 Å². The van der Waals surface area contributed by atoms with Crippen molar-refractivity contribution in [2.24, 2.45) is 0 Å². The molecule has 4 rings (SSSR count). The monoisotopic (exact) mass is 335 g/mol. The Hall–Kier alpha value is -2.33. The van der Waals surface area contributed by atoms with E-state index in [1.807, 2.05) is 0 Å². The Kier molecular flexibility index (Phi) is 3.57. The minimum atomic E-state index is -1.33. The number of hydrogen-bond acceptors (Lipinski definition) is 7.